The molecule has 0 aromatic rings. The topological polar surface area (TPSA) is 64.5 Å². The third-order valence-corrected chi connectivity index (χ3v) is 7.20. The Morgan fingerprint density at radius 3 is 0.759 bits per heavy atom. The normalized spacial score (nSPS) is 16.9. The van der Waals surface area contributed by atoms with Gasteiger partial charge in [0.25, 0.3) is 0 Å². The molecule has 0 amide bonds. The van der Waals surface area contributed by atoms with Gasteiger partial charge < -0.3 is 20.8 Å². The predicted molar refractivity (Wildman–Crippen MR) is 127 cm³/mol. The molecular formula is C24H26F26N2O2. The molecule has 0 radical (unpaired) electrons. The van der Waals surface area contributed by atoms with Crippen LogP contribution in [0.15, 0.2) is 0 Å². The zero-order valence-corrected chi connectivity index (χ0v) is 25.9. The molecule has 0 saturated heterocycles. The molecule has 54 heavy (non-hydrogen) atoms. The lowest BCUT2D eigenvalue weighted by Gasteiger charge is -2.40. The lowest BCUT2D eigenvalue weighted by molar-refractivity contribution is -0.440. The number of hydrogen-bond donors (Lipinski definition) is 4. The molecule has 4 N–H and O–H groups in total. The molecule has 0 fully saturated rings. The molecule has 326 valence electrons. The van der Waals surface area contributed by atoms with Crippen LogP contribution in [0.5, 0.6) is 0 Å². The minimum absolute atomic E-state index is 0.0480. The number of alkyl halides is 26. The highest BCUT2D eigenvalue weighted by Crippen LogP contribution is 2.62. The number of halogens is 26. The van der Waals surface area contributed by atoms with Crippen LogP contribution in [0.2, 0.25) is 0 Å². The average Bonchev–Trinajstić information content (AvgIpc) is 2.95. The van der Waals surface area contributed by atoms with Crippen molar-refractivity contribution < 1.29 is 124 Å². The Hall–Kier alpha value is -1.98. The van der Waals surface area contributed by atoms with Crippen LogP contribution < -0.4 is 10.6 Å². The van der Waals surface area contributed by atoms with Gasteiger partial charge >= 0.3 is 71.6 Å². The van der Waals surface area contributed by atoms with E-state index in [9.17, 15) is 124 Å². The lowest BCUT2D eigenvalue weighted by Crippen LogP contribution is -2.70. The first kappa shape index (κ1) is 52.0. The van der Waals surface area contributed by atoms with Crippen molar-refractivity contribution in [3.05, 3.63) is 0 Å². The maximum atomic E-state index is 13.8. The highest BCUT2D eigenvalue weighted by molar-refractivity contribution is 5.11. The average molecular weight is 868 g/mol. The van der Waals surface area contributed by atoms with Crippen molar-refractivity contribution in [1.29, 1.82) is 0 Å². The molecule has 30 heteroatoms. The molecule has 0 heterocycles. The molecular weight excluding hydrogens is 842 g/mol. The van der Waals surface area contributed by atoms with E-state index in [1.54, 1.807) is 0 Å². The van der Waals surface area contributed by atoms with E-state index in [-0.39, 0.29) is 38.8 Å². The van der Waals surface area contributed by atoms with Gasteiger partial charge in [0.15, 0.2) is 0 Å². The van der Waals surface area contributed by atoms with Gasteiger partial charge in [0.1, 0.15) is 0 Å². The summed E-state index contributed by atoms with van der Waals surface area (Å²) >= 11 is 0. The van der Waals surface area contributed by atoms with Gasteiger partial charge in [0.05, 0.1) is 12.2 Å². The van der Waals surface area contributed by atoms with Gasteiger partial charge in [-0.25, -0.2) is 0 Å². The van der Waals surface area contributed by atoms with Gasteiger partial charge in [-0.2, -0.15) is 114 Å². The Morgan fingerprint density at radius 1 is 0.315 bits per heavy atom. The smallest absolute Gasteiger partial charge is 0.392 e. The molecule has 4 nitrogen and oxygen atoms in total. The maximum Gasteiger partial charge on any atom is 0.460 e. The van der Waals surface area contributed by atoms with Crippen molar-refractivity contribution >= 4 is 0 Å². The Balaban J connectivity index is 4.87. The number of unbranched alkanes of at least 4 members (excludes halogenated alkanes) is 3. The SMILES string of the molecule is OC(CNCCCCCCNCC(O)CC(F)(F)C(F)(F)C(F)(F)C(F)(F)C(F)(F)C(F)(F)F)CC(F)(F)C(F)(F)C(F)(F)C(F)(F)C(F)(F)C(F)(F)F. The molecule has 0 aromatic carbocycles. The molecule has 2 atom stereocenters. The summed E-state index contributed by atoms with van der Waals surface area (Å²) in [5.74, 6) is -76.4. The van der Waals surface area contributed by atoms with E-state index in [1.807, 2.05) is 10.6 Å². The Bertz CT molecular complexity index is 1090. The van der Waals surface area contributed by atoms with Crippen molar-refractivity contribution in [2.45, 2.75) is 122 Å². The van der Waals surface area contributed by atoms with Crippen LogP contribution in [0.4, 0.5) is 114 Å². The van der Waals surface area contributed by atoms with E-state index in [4.69, 9.17) is 0 Å². The summed E-state index contributed by atoms with van der Waals surface area (Å²) in [5.41, 5.74) is 0. The molecule has 0 saturated carbocycles. The number of rotatable bonds is 23. The Morgan fingerprint density at radius 2 is 0.537 bits per heavy atom. The van der Waals surface area contributed by atoms with Gasteiger partial charge in [-0.1, -0.05) is 12.8 Å². The quantitative estimate of drug-likeness (QED) is 0.0614. The molecule has 0 bridgehead atoms. The fourth-order valence-electron chi connectivity index (χ4n) is 3.99. The molecule has 0 aliphatic rings. The minimum Gasteiger partial charge on any atom is -0.392 e. The number of nitrogens with one attached hydrogen (secondary N) is 2. The zero-order chi connectivity index (χ0) is 43.6. The van der Waals surface area contributed by atoms with Crippen LogP contribution in [0, 0.1) is 0 Å². The first-order valence-corrected chi connectivity index (χ1v) is 14.2. The largest absolute Gasteiger partial charge is 0.460 e. The van der Waals surface area contributed by atoms with Gasteiger partial charge in [-0.3, -0.25) is 0 Å². The highest BCUT2D eigenvalue weighted by Gasteiger charge is 2.92. The van der Waals surface area contributed by atoms with E-state index in [0.29, 0.717) is 0 Å². The van der Waals surface area contributed by atoms with Crippen LogP contribution in [-0.2, 0) is 0 Å². The molecule has 0 aliphatic heterocycles. The third-order valence-electron chi connectivity index (χ3n) is 7.20. The van der Waals surface area contributed by atoms with Gasteiger partial charge in [-0.15, -0.1) is 0 Å². The van der Waals surface area contributed by atoms with Crippen LogP contribution in [0.1, 0.15) is 38.5 Å². The van der Waals surface area contributed by atoms with Crippen molar-refractivity contribution in [2.24, 2.45) is 0 Å². The second kappa shape index (κ2) is 16.5. The molecule has 0 aliphatic carbocycles. The van der Waals surface area contributed by atoms with E-state index in [1.165, 1.54) is 0 Å². The first-order valence-electron chi connectivity index (χ1n) is 14.2. The van der Waals surface area contributed by atoms with E-state index < -0.39 is 110 Å². The number of aliphatic hydroxyl groups excluding tert-OH is 2. The summed E-state index contributed by atoms with van der Waals surface area (Å²) < 4.78 is 341. The lowest BCUT2D eigenvalue weighted by atomic mass is 9.91. The Kier molecular flexibility index (Phi) is 15.9. The van der Waals surface area contributed by atoms with Crippen LogP contribution in [0.25, 0.3) is 0 Å². The summed E-state index contributed by atoms with van der Waals surface area (Å²) in [6.45, 7) is -3.16. The van der Waals surface area contributed by atoms with Crippen LogP contribution >= 0.6 is 0 Å². The van der Waals surface area contributed by atoms with Gasteiger partial charge in [0.2, 0.25) is 0 Å². The molecule has 0 spiro atoms. The number of hydrogen-bond acceptors (Lipinski definition) is 4. The van der Waals surface area contributed by atoms with Crippen molar-refractivity contribution in [2.75, 3.05) is 26.2 Å². The van der Waals surface area contributed by atoms with Crippen LogP contribution in [0.3, 0.4) is 0 Å². The summed E-state index contributed by atoms with van der Waals surface area (Å²) in [7, 11) is 0. The van der Waals surface area contributed by atoms with Gasteiger partial charge in [0, 0.05) is 25.9 Å². The van der Waals surface area contributed by atoms with E-state index >= 15 is 0 Å². The second-order valence-corrected chi connectivity index (χ2v) is 11.5. The summed E-state index contributed by atoms with van der Waals surface area (Å²) in [5, 5.41) is 22.9. The molecule has 0 rings (SSSR count). The fraction of sp³-hybridized carbons (Fsp3) is 1.00. The summed E-state index contributed by atoms with van der Waals surface area (Å²) in [6, 6.07) is 0. The zero-order valence-electron chi connectivity index (χ0n) is 25.9. The number of aliphatic hydroxyl groups is 2. The standard InChI is InChI=1S/C24H26F26N2O2/c25-13(26,15(29,30)17(33,34)19(37,38)21(41,42)23(45,46)47)7-11(53)9-51-5-3-1-2-4-6-52-10-12(54)8-14(27,28)16(31,32)18(35,36)20(39,40)22(43,44)24(48,49)50/h11-12,51-54H,1-10H2. The monoisotopic (exact) mass is 868 g/mol. The third kappa shape index (κ3) is 9.75. The summed E-state index contributed by atoms with van der Waals surface area (Å²) in [6.07, 6.45) is -26.7. The van der Waals surface area contributed by atoms with Crippen LogP contribution in [-0.4, -0.2) is 120 Å². The van der Waals surface area contributed by atoms with E-state index in [2.05, 4.69) is 0 Å². The second-order valence-electron chi connectivity index (χ2n) is 11.5. The van der Waals surface area contributed by atoms with Crippen molar-refractivity contribution in [3.63, 3.8) is 0 Å². The Labute approximate surface area is 284 Å². The highest BCUT2D eigenvalue weighted by atomic mass is 19.4. The fourth-order valence-corrected chi connectivity index (χ4v) is 3.99. The predicted octanol–water partition coefficient (Wildman–Crippen LogP) is 8.71. The van der Waals surface area contributed by atoms with Crippen molar-refractivity contribution in [1.82, 2.24) is 10.6 Å². The maximum absolute atomic E-state index is 13.8. The van der Waals surface area contributed by atoms with E-state index in [0.717, 1.165) is 0 Å². The first-order chi connectivity index (χ1) is 23.5. The minimum atomic E-state index is -8.12. The van der Waals surface area contributed by atoms with Crippen molar-refractivity contribution in [3.8, 4) is 0 Å². The molecule has 0 aromatic heterocycles. The summed E-state index contributed by atoms with van der Waals surface area (Å²) in [4.78, 5) is 0. The molecule has 2 unspecified atom stereocenters. The van der Waals surface area contributed by atoms with Gasteiger partial charge in [-0.05, 0) is 25.9 Å².